The number of aliphatic hydroxyl groups excluding tert-OH is 2. The first-order valence-electron chi connectivity index (χ1n) is 9.53. The summed E-state index contributed by atoms with van der Waals surface area (Å²) in [6.45, 7) is 5.58. The van der Waals surface area contributed by atoms with Crippen LogP contribution in [0.4, 0.5) is 0 Å². The van der Waals surface area contributed by atoms with Crippen molar-refractivity contribution in [3.63, 3.8) is 0 Å². The van der Waals surface area contributed by atoms with Gasteiger partial charge in [0, 0.05) is 42.7 Å². The Morgan fingerprint density at radius 2 is 2.07 bits per heavy atom. The molecule has 1 atom stereocenters. The summed E-state index contributed by atoms with van der Waals surface area (Å²) in [5.74, 6) is 1.21. The van der Waals surface area contributed by atoms with Gasteiger partial charge in [0.15, 0.2) is 5.65 Å². The minimum atomic E-state index is -1.12. The molecule has 0 saturated heterocycles. The number of fused-ring (bicyclic) bond motifs is 2. The molecule has 1 aliphatic rings. The molecular formula is C21H24N4O4. The van der Waals surface area contributed by atoms with Crippen molar-refractivity contribution in [2.75, 3.05) is 26.3 Å². The van der Waals surface area contributed by atoms with Gasteiger partial charge in [-0.2, -0.15) is 0 Å². The first-order chi connectivity index (χ1) is 14.0. The Kier molecular flexibility index (Phi) is 5.48. The van der Waals surface area contributed by atoms with Crippen molar-refractivity contribution in [2.45, 2.75) is 20.1 Å². The fourth-order valence-electron chi connectivity index (χ4n) is 3.34. The number of benzene rings is 1. The molecule has 0 bridgehead atoms. The highest BCUT2D eigenvalue weighted by Gasteiger charge is 2.24. The number of hydrogen-bond acceptors (Lipinski definition) is 7. The highest BCUT2D eigenvalue weighted by molar-refractivity contribution is 5.86. The van der Waals surface area contributed by atoms with Gasteiger partial charge in [-0.3, -0.25) is 4.98 Å². The smallest absolute Gasteiger partial charge is 0.226 e. The molecule has 0 saturated carbocycles. The van der Waals surface area contributed by atoms with E-state index in [0.29, 0.717) is 42.5 Å². The quantitative estimate of drug-likeness (QED) is 0.521. The Hall–Kier alpha value is -2.94. The maximum Gasteiger partial charge on any atom is 0.226 e. The van der Waals surface area contributed by atoms with E-state index >= 15 is 0 Å². The van der Waals surface area contributed by atoms with Gasteiger partial charge in [-0.25, -0.2) is 4.98 Å². The second kappa shape index (κ2) is 8.20. The van der Waals surface area contributed by atoms with Crippen LogP contribution in [0, 0.1) is 13.8 Å². The van der Waals surface area contributed by atoms with Gasteiger partial charge in [0.1, 0.15) is 18.1 Å². The molecule has 0 spiro atoms. The van der Waals surface area contributed by atoms with Crippen LogP contribution in [0.1, 0.15) is 22.6 Å². The molecule has 0 radical (unpaired) electrons. The first kappa shape index (κ1) is 19.4. The zero-order chi connectivity index (χ0) is 20.4. The fourth-order valence-corrected chi connectivity index (χ4v) is 3.34. The molecule has 8 heteroatoms. The standard InChI is InChI=1S/C21H24N4O4/c1-13-11-25-12-18(24-20(25)14(2)23-13)17-9-15-3-4-16(10-19(15)29-21(17)27)28-8-6-22-5-7-26/h3-4,9-12,21-22,26-27H,5-8H2,1-2H3. The topological polar surface area (TPSA) is 101 Å². The lowest BCUT2D eigenvalue weighted by atomic mass is 10.0. The minimum absolute atomic E-state index is 0.0984. The van der Waals surface area contributed by atoms with Crippen LogP contribution in [-0.2, 0) is 0 Å². The molecule has 3 heterocycles. The van der Waals surface area contributed by atoms with E-state index in [1.165, 1.54) is 0 Å². The Balaban J connectivity index is 1.56. The normalized spacial score (nSPS) is 15.7. The maximum absolute atomic E-state index is 10.6. The molecular weight excluding hydrogens is 372 g/mol. The van der Waals surface area contributed by atoms with Crippen LogP contribution in [0.5, 0.6) is 11.5 Å². The number of aliphatic hydroxyl groups is 2. The number of nitrogens with zero attached hydrogens (tertiary/aromatic N) is 3. The summed E-state index contributed by atoms with van der Waals surface area (Å²) < 4.78 is 13.3. The van der Waals surface area contributed by atoms with Gasteiger partial charge in [0.05, 0.1) is 23.7 Å². The SMILES string of the molecule is Cc1cn2cc(C3=Cc4ccc(OCCNCCO)cc4OC3O)nc2c(C)n1. The molecule has 8 nitrogen and oxygen atoms in total. The summed E-state index contributed by atoms with van der Waals surface area (Å²) in [6.07, 6.45) is 4.54. The predicted octanol–water partition coefficient (Wildman–Crippen LogP) is 1.56. The van der Waals surface area contributed by atoms with Crippen molar-refractivity contribution in [3.05, 3.63) is 53.2 Å². The van der Waals surface area contributed by atoms with Crippen LogP contribution in [-0.4, -0.2) is 57.2 Å². The maximum atomic E-state index is 10.6. The van der Waals surface area contributed by atoms with Gasteiger partial charge < -0.3 is 29.4 Å². The second-order valence-electron chi connectivity index (χ2n) is 6.92. The molecule has 152 valence electrons. The summed E-state index contributed by atoms with van der Waals surface area (Å²) >= 11 is 0. The molecule has 29 heavy (non-hydrogen) atoms. The van der Waals surface area contributed by atoms with Crippen LogP contribution >= 0.6 is 0 Å². The predicted molar refractivity (Wildman–Crippen MR) is 109 cm³/mol. The lowest BCUT2D eigenvalue weighted by Crippen LogP contribution is -2.24. The van der Waals surface area contributed by atoms with Crippen molar-refractivity contribution in [3.8, 4) is 11.5 Å². The molecule has 0 fully saturated rings. The van der Waals surface area contributed by atoms with E-state index in [4.69, 9.17) is 14.6 Å². The Bertz CT molecular complexity index is 1060. The van der Waals surface area contributed by atoms with Gasteiger partial charge in [0.25, 0.3) is 0 Å². The van der Waals surface area contributed by atoms with E-state index in [0.717, 1.165) is 22.6 Å². The number of hydrogen-bond donors (Lipinski definition) is 3. The van der Waals surface area contributed by atoms with E-state index < -0.39 is 6.29 Å². The Morgan fingerprint density at radius 3 is 2.90 bits per heavy atom. The lowest BCUT2D eigenvalue weighted by Gasteiger charge is -2.23. The van der Waals surface area contributed by atoms with Crippen LogP contribution in [0.2, 0.25) is 0 Å². The van der Waals surface area contributed by atoms with Crippen molar-refractivity contribution < 1.29 is 19.7 Å². The third-order valence-corrected chi connectivity index (χ3v) is 4.66. The van der Waals surface area contributed by atoms with Gasteiger partial charge in [0.2, 0.25) is 6.29 Å². The van der Waals surface area contributed by atoms with Gasteiger partial charge >= 0.3 is 0 Å². The van der Waals surface area contributed by atoms with Crippen LogP contribution in [0.3, 0.4) is 0 Å². The number of rotatable bonds is 7. The largest absolute Gasteiger partial charge is 0.492 e. The lowest BCUT2D eigenvalue weighted by molar-refractivity contribution is 0.0316. The van der Waals surface area contributed by atoms with Crippen molar-refractivity contribution in [1.29, 1.82) is 0 Å². The molecule has 2 aromatic heterocycles. The molecule has 3 N–H and O–H groups in total. The van der Waals surface area contributed by atoms with Crippen LogP contribution in [0.15, 0.2) is 30.6 Å². The number of nitrogens with one attached hydrogen (secondary N) is 1. The summed E-state index contributed by atoms with van der Waals surface area (Å²) in [7, 11) is 0. The fraction of sp³-hybridized carbons (Fsp3) is 0.333. The van der Waals surface area contributed by atoms with E-state index in [-0.39, 0.29) is 6.61 Å². The average Bonchev–Trinajstić information content (AvgIpc) is 3.11. The van der Waals surface area contributed by atoms with Crippen LogP contribution in [0.25, 0.3) is 17.3 Å². The molecule has 4 rings (SSSR count). The van der Waals surface area contributed by atoms with Gasteiger partial charge in [-0.05, 0) is 32.1 Å². The number of imidazole rings is 1. The monoisotopic (exact) mass is 396 g/mol. The van der Waals surface area contributed by atoms with E-state index in [2.05, 4.69) is 15.3 Å². The summed E-state index contributed by atoms with van der Waals surface area (Å²) in [5, 5.41) is 22.4. The third kappa shape index (κ3) is 4.09. The van der Waals surface area contributed by atoms with E-state index in [1.54, 1.807) is 6.07 Å². The Morgan fingerprint density at radius 1 is 1.21 bits per heavy atom. The summed E-state index contributed by atoms with van der Waals surface area (Å²) in [4.78, 5) is 9.06. The minimum Gasteiger partial charge on any atom is -0.492 e. The van der Waals surface area contributed by atoms with Crippen LogP contribution < -0.4 is 14.8 Å². The zero-order valence-electron chi connectivity index (χ0n) is 16.4. The van der Waals surface area contributed by atoms with Gasteiger partial charge in [-0.15, -0.1) is 0 Å². The number of aryl methyl sites for hydroxylation is 2. The molecule has 0 amide bonds. The molecule has 1 aliphatic heterocycles. The van der Waals surface area contributed by atoms with E-state index in [9.17, 15) is 5.11 Å². The average molecular weight is 396 g/mol. The van der Waals surface area contributed by atoms with Crippen molar-refractivity contribution in [2.24, 2.45) is 0 Å². The first-order valence-corrected chi connectivity index (χ1v) is 9.53. The zero-order valence-corrected chi connectivity index (χ0v) is 16.4. The summed E-state index contributed by atoms with van der Waals surface area (Å²) in [6, 6.07) is 5.52. The molecule has 1 aromatic carbocycles. The summed E-state index contributed by atoms with van der Waals surface area (Å²) in [5.41, 5.74) is 4.58. The molecule has 0 aliphatic carbocycles. The Labute approximate surface area is 168 Å². The van der Waals surface area contributed by atoms with Gasteiger partial charge in [-0.1, -0.05) is 0 Å². The number of ether oxygens (including phenoxy) is 2. The number of aromatic nitrogens is 3. The van der Waals surface area contributed by atoms with Crippen molar-refractivity contribution in [1.82, 2.24) is 19.7 Å². The highest BCUT2D eigenvalue weighted by Crippen LogP contribution is 2.35. The molecule has 1 unspecified atom stereocenters. The van der Waals surface area contributed by atoms with Crippen molar-refractivity contribution >= 4 is 17.3 Å². The third-order valence-electron chi connectivity index (χ3n) is 4.66. The van der Waals surface area contributed by atoms with E-state index in [1.807, 2.05) is 48.9 Å². The second-order valence-corrected chi connectivity index (χ2v) is 6.92. The highest BCUT2D eigenvalue weighted by atomic mass is 16.6. The molecule has 3 aromatic rings.